The minimum absolute atomic E-state index is 0.0841. The van der Waals surface area contributed by atoms with E-state index in [1.807, 2.05) is 37.3 Å². The molecule has 142 valence electrons. The summed E-state index contributed by atoms with van der Waals surface area (Å²) in [5.74, 6) is 0.370. The summed E-state index contributed by atoms with van der Waals surface area (Å²) in [4.78, 5) is 15.1. The van der Waals surface area contributed by atoms with Gasteiger partial charge in [0.05, 0.1) is 13.2 Å². The summed E-state index contributed by atoms with van der Waals surface area (Å²) in [6.07, 6.45) is 0. The summed E-state index contributed by atoms with van der Waals surface area (Å²) in [7, 11) is 0. The molecule has 0 aromatic heterocycles. The van der Waals surface area contributed by atoms with E-state index < -0.39 is 0 Å². The standard InChI is InChI=1S/C20H21ClN2O3S/c1-14-2-5-16(21)12-18(14)22-19(24)13-26-17-6-3-15(4-7-17)20(27)23-8-10-25-11-9-23/h2-7,12H,8-11,13H2,1H3,(H,22,24). The van der Waals surface area contributed by atoms with Gasteiger partial charge in [-0.3, -0.25) is 4.79 Å². The number of rotatable bonds is 5. The minimum Gasteiger partial charge on any atom is -0.484 e. The van der Waals surface area contributed by atoms with E-state index in [4.69, 9.17) is 33.3 Å². The van der Waals surface area contributed by atoms with Gasteiger partial charge in [-0.2, -0.15) is 0 Å². The van der Waals surface area contributed by atoms with Crippen LogP contribution >= 0.6 is 23.8 Å². The number of benzene rings is 2. The van der Waals surface area contributed by atoms with Crippen molar-refractivity contribution in [3.63, 3.8) is 0 Å². The molecular weight excluding hydrogens is 384 g/mol. The zero-order valence-corrected chi connectivity index (χ0v) is 16.6. The van der Waals surface area contributed by atoms with E-state index in [1.165, 1.54) is 0 Å². The zero-order chi connectivity index (χ0) is 19.2. The van der Waals surface area contributed by atoms with Crippen LogP contribution in [0.4, 0.5) is 5.69 Å². The van der Waals surface area contributed by atoms with E-state index in [1.54, 1.807) is 12.1 Å². The summed E-state index contributed by atoms with van der Waals surface area (Å²) in [6.45, 7) is 4.83. The van der Waals surface area contributed by atoms with Crippen LogP contribution in [0.5, 0.6) is 5.75 Å². The van der Waals surface area contributed by atoms with Crippen LogP contribution in [0.1, 0.15) is 11.1 Å². The first-order chi connectivity index (χ1) is 13.0. The second-order valence-corrected chi connectivity index (χ2v) is 7.05. The van der Waals surface area contributed by atoms with Gasteiger partial charge >= 0.3 is 0 Å². The van der Waals surface area contributed by atoms with Crippen molar-refractivity contribution < 1.29 is 14.3 Å². The Morgan fingerprint density at radius 3 is 2.63 bits per heavy atom. The molecule has 0 atom stereocenters. The molecule has 3 rings (SSSR count). The number of aryl methyl sites for hydroxylation is 1. The van der Waals surface area contributed by atoms with Crippen molar-refractivity contribution >= 4 is 40.4 Å². The third kappa shape index (κ3) is 5.42. The number of carbonyl (C=O) groups excluding carboxylic acids is 1. The molecule has 2 aromatic carbocycles. The topological polar surface area (TPSA) is 50.8 Å². The predicted octanol–water partition coefficient (Wildman–Crippen LogP) is 3.67. The summed E-state index contributed by atoms with van der Waals surface area (Å²) >= 11 is 11.5. The lowest BCUT2D eigenvalue weighted by Gasteiger charge is -2.29. The van der Waals surface area contributed by atoms with Crippen LogP contribution < -0.4 is 10.1 Å². The largest absolute Gasteiger partial charge is 0.484 e. The average Bonchev–Trinajstić information content (AvgIpc) is 2.70. The van der Waals surface area contributed by atoms with Crippen LogP contribution in [0, 0.1) is 6.92 Å². The number of thiocarbonyl (C=S) groups is 1. The number of halogens is 1. The van der Waals surface area contributed by atoms with Crippen molar-refractivity contribution in [2.45, 2.75) is 6.92 Å². The maximum atomic E-state index is 12.1. The van der Waals surface area contributed by atoms with Crippen molar-refractivity contribution in [1.82, 2.24) is 4.90 Å². The van der Waals surface area contributed by atoms with Crippen molar-refractivity contribution in [1.29, 1.82) is 0 Å². The van der Waals surface area contributed by atoms with E-state index in [-0.39, 0.29) is 12.5 Å². The molecular formula is C20H21ClN2O3S. The van der Waals surface area contributed by atoms with Crippen LogP contribution in [0.3, 0.4) is 0 Å². The van der Waals surface area contributed by atoms with E-state index in [2.05, 4.69) is 10.2 Å². The summed E-state index contributed by atoms with van der Waals surface area (Å²) in [6, 6.07) is 12.8. The summed E-state index contributed by atoms with van der Waals surface area (Å²) < 4.78 is 10.9. The molecule has 5 nitrogen and oxygen atoms in total. The maximum absolute atomic E-state index is 12.1. The first kappa shape index (κ1) is 19.6. The monoisotopic (exact) mass is 404 g/mol. The normalized spacial score (nSPS) is 13.9. The Kier molecular flexibility index (Phi) is 6.66. The number of anilines is 1. The lowest BCUT2D eigenvalue weighted by molar-refractivity contribution is -0.118. The Bertz CT molecular complexity index is 820. The highest BCUT2D eigenvalue weighted by Crippen LogP contribution is 2.20. The predicted molar refractivity (Wildman–Crippen MR) is 111 cm³/mol. The first-order valence-corrected chi connectivity index (χ1v) is 9.47. The number of hydrogen-bond donors (Lipinski definition) is 1. The van der Waals surface area contributed by atoms with Gasteiger partial charge in [-0.05, 0) is 48.9 Å². The van der Waals surface area contributed by atoms with Crippen molar-refractivity contribution in [3.05, 3.63) is 58.6 Å². The van der Waals surface area contributed by atoms with Crippen LogP contribution in [0.25, 0.3) is 0 Å². The smallest absolute Gasteiger partial charge is 0.262 e. The molecule has 1 aliphatic heterocycles. The highest BCUT2D eigenvalue weighted by molar-refractivity contribution is 7.80. The van der Waals surface area contributed by atoms with Crippen molar-refractivity contribution in [3.8, 4) is 5.75 Å². The van der Waals surface area contributed by atoms with E-state index >= 15 is 0 Å². The van der Waals surface area contributed by atoms with E-state index in [0.29, 0.717) is 29.7 Å². The van der Waals surface area contributed by atoms with Gasteiger partial charge in [0.25, 0.3) is 5.91 Å². The fourth-order valence-electron chi connectivity index (χ4n) is 2.71. The van der Waals surface area contributed by atoms with Gasteiger partial charge in [-0.15, -0.1) is 0 Å². The SMILES string of the molecule is Cc1ccc(Cl)cc1NC(=O)COc1ccc(C(=S)N2CCOCC2)cc1. The summed E-state index contributed by atoms with van der Waals surface area (Å²) in [5.41, 5.74) is 2.58. The van der Waals surface area contributed by atoms with E-state index in [0.717, 1.165) is 29.2 Å². The van der Waals surface area contributed by atoms with Gasteiger partial charge < -0.3 is 19.7 Å². The molecule has 1 fully saturated rings. The molecule has 0 unspecified atom stereocenters. The maximum Gasteiger partial charge on any atom is 0.262 e. The number of amides is 1. The second kappa shape index (κ2) is 9.17. The minimum atomic E-state index is -0.242. The van der Waals surface area contributed by atoms with Crippen LogP contribution in [0.2, 0.25) is 5.02 Å². The third-order valence-corrected chi connectivity index (χ3v) is 4.97. The number of carbonyl (C=O) groups is 1. The Balaban J connectivity index is 1.53. The molecule has 1 amide bonds. The molecule has 0 radical (unpaired) electrons. The molecule has 0 aliphatic carbocycles. The van der Waals surface area contributed by atoms with Crippen LogP contribution in [0.15, 0.2) is 42.5 Å². The number of hydrogen-bond acceptors (Lipinski definition) is 4. The molecule has 7 heteroatoms. The lowest BCUT2D eigenvalue weighted by atomic mass is 10.2. The number of nitrogens with zero attached hydrogens (tertiary/aromatic N) is 1. The molecule has 1 aliphatic rings. The third-order valence-electron chi connectivity index (χ3n) is 4.24. The molecule has 27 heavy (non-hydrogen) atoms. The molecule has 1 saturated heterocycles. The number of ether oxygens (including phenoxy) is 2. The number of morpholine rings is 1. The van der Waals surface area contributed by atoms with E-state index in [9.17, 15) is 4.79 Å². The fourth-order valence-corrected chi connectivity index (χ4v) is 3.20. The van der Waals surface area contributed by atoms with Gasteiger partial charge in [0.15, 0.2) is 6.61 Å². The van der Waals surface area contributed by atoms with Gasteiger partial charge in [0, 0.05) is 29.4 Å². The van der Waals surface area contributed by atoms with Crippen LogP contribution in [-0.2, 0) is 9.53 Å². The van der Waals surface area contributed by atoms with Gasteiger partial charge in [-0.1, -0.05) is 29.9 Å². The summed E-state index contributed by atoms with van der Waals surface area (Å²) in [5, 5.41) is 3.38. The number of nitrogens with one attached hydrogen (secondary N) is 1. The highest BCUT2D eigenvalue weighted by Gasteiger charge is 2.15. The Hall–Kier alpha value is -2.15. The van der Waals surface area contributed by atoms with Crippen molar-refractivity contribution in [2.24, 2.45) is 0 Å². The second-order valence-electron chi connectivity index (χ2n) is 6.23. The molecule has 0 saturated carbocycles. The first-order valence-electron chi connectivity index (χ1n) is 8.69. The average molecular weight is 405 g/mol. The Labute approximate surface area is 169 Å². The quantitative estimate of drug-likeness (QED) is 0.770. The molecule has 1 N–H and O–H groups in total. The Morgan fingerprint density at radius 1 is 1.22 bits per heavy atom. The molecule has 0 bridgehead atoms. The zero-order valence-electron chi connectivity index (χ0n) is 15.0. The van der Waals surface area contributed by atoms with Crippen LogP contribution in [-0.4, -0.2) is 48.7 Å². The Morgan fingerprint density at radius 2 is 1.93 bits per heavy atom. The van der Waals surface area contributed by atoms with Gasteiger partial charge in [-0.25, -0.2) is 0 Å². The van der Waals surface area contributed by atoms with Gasteiger partial charge in [0.2, 0.25) is 0 Å². The molecule has 1 heterocycles. The molecule has 2 aromatic rings. The fraction of sp³-hybridized carbons (Fsp3) is 0.300. The lowest BCUT2D eigenvalue weighted by Crippen LogP contribution is -2.40. The van der Waals surface area contributed by atoms with Crippen molar-refractivity contribution in [2.75, 3.05) is 38.2 Å². The van der Waals surface area contributed by atoms with Gasteiger partial charge in [0.1, 0.15) is 10.7 Å². The highest BCUT2D eigenvalue weighted by atomic mass is 35.5. The molecule has 0 spiro atoms.